The van der Waals surface area contributed by atoms with Crippen molar-refractivity contribution >= 4 is 27.5 Å². The van der Waals surface area contributed by atoms with Gasteiger partial charge in [0.15, 0.2) is 0 Å². The predicted octanol–water partition coefficient (Wildman–Crippen LogP) is 5.18. The van der Waals surface area contributed by atoms with Crippen molar-refractivity contribution in [2.75, 3.05) is 7.05 Å². The number of benzene rings is 1. The third kappa shape index (κ3) is 2.97. The highest BCUT2D eigenvalue weighted by Crippen LogP contribution is 2.52. The lowest BCUT2D eigenvalue weighted by atomic mass is 9.58. The molecule has 4 heteroatoms. The second-order valence-corrected chi connectivity index (χ2v) is 7.73. The van der Waals surface area contributed by atoms with E-state index in [-0.39, 0.29) is 0 Å². The van der Waals surface area contributed by atoms with Gasteiger partial charge < -0.3 is 10.1 Å². The molecule has 1 spiro atoms. The minimum Gasteiger partial charge on any atom is -0.488 e. The molecule has 2 aliphatic carbocycles. The molecule has 1 N–H and O–H groups in total. The summed E-state index contributed by atoms with van der Waals surface area (Å²) in [7, 11) is 2.08. The molecule has 2 nitrogen and oxygen atoms in total. The first-order chi connectivity index (χ1) is 10.2. The highest BCUT2D eigenvalue weighted by Gasteiger charge is 2.55. The summed E-state index contributed by atoms with van der Waals surface area (Å²) in [5.74, 6) is 0.814. The van der Waals surface area contributed by atoms with E-state index in [1.807, 2.05) is 18.2 Å². The van der Waals surface area contributed by atoms with Crippen LogP contribution in [0.2, 0.25) is 5.02 Å². The number of hydrogen-bond acceptors (Lipinski definition) is 2. The SMILES string of the molecule is CNC1CC(Oc2cc(Br)ccc2Cl)C12CCCCCC2. The van der Waals surface area contributed by atoms with Crippen molar-refractivity contribution < 1.29 is 4.74 Å². The molecule has 3 rings (SSSR count). The Labute approximate surface area is 140 Å². The normalized spacial score (nSPS) is 28.0. The molecular weight excluding hydrogens is 350 g/mol. The van der Waals surface area contributed by atoms with Crippen molar-refractivity contribution in [2.45, 2.75) is 57.1 Å². The molecule has 0 aromatic heterocycles. The van der Waals surface area contributed by atoms with Crippen LogP contribution in [0.15, 0.2) is 22.7 Å². The molecule has 2 fully saturated rings. The molecule has 116 valence electrons. The fourth-order valence-electron chi connectivity index (χ4n) is 4.10. The van der Waals surface area contributed by atoms with Crippen LogP contribution in [0.5, 0.6) is 5.75 Å². The Hall–Kier alpha value is -0.250. The molecule has 0 heterocycles. The molecule has 2 aliphatic rings. The van der Waals surface area contributed by atoms with E-state index in [9.17, 15) is 0 Å². The molecule has 2 saturated carbocycles. The fourth-order valence-corrected chi connectivity index (χ4v) is 4.60. The van der Waals surface area contributed by atoms with Crippen molar-refractivity contribution in [1.82, 2.24) is 5.32 Å². The Morgan fingerprint density at radius 1 is 1.24 bits per heavy atom. The van der Waals surface area contributed by atoms with Gasteiger partial charge in [-0.2, -0.15) is 0 Å². The van der Waals surface area contributed by atoms with Crippen LogP contribution in [0.3, 0.4) is 0 Å². The summed E-state index contributed by atoms with van der Waals surface area (Å²) in [6, 6.07) is 6.42. The summed E-state index contributed by atoms with van der Waals surface area (Å²) < 4.78 is 7.36. The Kier molecular flexibility index (Phi) is 4.82. The van der Waals surface area contributed by atoms with Gasteiger partial charge in [0.05, 0.1) is 5.02 Å². The number of nitrogens with one attached hydrogen (secondary N) is 1. The van der Waals surface area contributed by atoms with E-state index < -0.39 is 0 Å². The van der Waals surface area contributed by atoms with E-state index in [1.54, 1.807) is 0 Å². The smallest absolute Gasteiger partial charge is 0.139 e. The zero-order chi connectivity index (χ0) is 14.9. The molecule has 0 saturated heterocycles. The predicted molar refractivity (Wildman–Crippen MR) is 91.2 cm³/mol. The van der Waals surface area contributed by atoms with E-state index in [4.69, 9.17) is 16.3 Å². The summed E-state index contributed by atoms with van der Waals surface area (Å²) in [4.78, 5) is 0. The van der Waals surface area contributed by atoms with Crippen LogP contribution in [0.1, 0.15) is 44.9 Å². The maximum atomic E-state index is 6.34. The fraction of sp³-hybridized carbons (Fsp3) is 0.647. The van der Waals surface area contributed by atoms with E-state index in [0.717, 1.165) is 16.6 Å². The van der Waals surface area contributed by atoms with E-state index in [2.05, 4.69) is 28.3 Å². The Bertz CT molecular complexity index is 500. The molecule has 1 aromatic rings. The van der Waals surface area contributed by atoms with Gasteiger partial charge in [0.1, 0.15) is 11.9 Å². The quantitative estimate of drug-likeness (QED) is 0.789. The largest absolute Gasteiger partial charge is 0.488 e. The number of ether oxygens (including phenoxy) is 1. The maximum absolute atomic E-state index is 6.34. The summed E-state index contributed by atoms with van der Waals surface area (Å²) in [5.41, 5.74) is 0.302. The second kappa shape index (κ2) is 6.47. The van der Waals surface area contributed by atoms with E-state index in [0.29, 0.717) is 22.6 Å². The number of hydrogen-bond donors (Lipinski definition) is 1. The number of halogens is 2. The lowest BCUT2D eigenvalue weighted by molar-refractivity contribution is -0.0881. The van der Waals surface area contributed by atoms with Gasteiger partial charge in [0.2, 0.25) is 0 Å². The maximum Gasteiger partial charge on any atom is 0.139 e. The first-order valence-electron chi connectivity index (χ1n) is 7.95. The van der Waals surface area contributed by atoms with Crippen molar-refractivity contribution in [3.05, 3.63) is 27.7 Å². The van der Waals surface area contributed by atoms with Crippen molar-refractivity contribution in [3.8, 4) is 5.75 Å². The zero-order valence-corrected chi connectivity index (χ0v) is 14.8. The first kappa shape index (κ1) is 15.6. The third-order valence-corrected chi connectivity index (χ3v) is 6.14. The van der Waals surface area contributed by atoms with Gasteiger partial charge in [-0.1, -0.05) is 53.2 Å². The van der Waals surface area contributed by atoms with Crippen molar-refractivity contribution in [1.29, 1.82) is 0 Å². The van der Waals surface area contributed by atoms with E-state index >= 15 is 0 Å². The van der Waals surface area contributed by atoms with Crippen LogP contribution in [0.4, 0.5) is 0 Å². The lowest BCUT2D eigenvalue weighted by Crippen LogP contribution is -2.64. The van der Waals surface area contributed by atoms with Gasteiger partial charge in [-0.05, 0) is 38.1 Å². The minimum atomic E-state index is 0.292. The molecule has 0 amide bonds. The molecular formula is C17H23BrClNO. The highest BCUT2D eigenvalue weighted by atomic mass is 79.9. The third-order valence-electron chi connectivity index (χ3n) is 5.33. The highest BCUT2D eigenvalue weighted by molar-refractivity contribution is 9.10. The zero-order valence-electron chi connectivity index (χ0n) is 12.5. The van der Waals surface area contributed by atoms with Crippen LogP contribution in [0.25, 0.3) is 0 Å². The van der Waals surface area contributed by atoms with Gasteiger partial charge in [-0.3, -0.25) is 0 Å². The van der Waals surface area contributed by atoms with Gasteiger partial charge in [0, 0.05) is 22.4 Å². The average molecular weight is 373 g/mol. The minimum absolute atomic E-state index is 0.292. The van der Waals surface area contributed by atoms with Crippen LogP contribution >= 0.6 is 27.5 Å². The molecule has 0 aliphatic heterocycles. The topological polar surface area (TPSA) is 21.3 Å². The standard InChI is InChI=1S/C17H23BrClNO/c1-20-15-11-16(17(15)8-4-2-3-5-9-17)21-14-10-12(18)6-7-13(14)19/h6-7,10,15-16,20H,2-5,8-9,11H2,1H3. The summed E-state index contributed by atoms with van der Waals surface area (Å²) in [6.45, 7) is 0. The van der Waals surface area contributed by atoms with E-state index in [1.165, 1.54) is 38.5 Å². The van der Waals surface area contributed by atoms with Crippen molar-refractivity contribution in [3.63, 3.8) is 0 Å². The average Bonchev–Trinajstić information content (AvgIpc) is 2.74. The summed E-state index contributed by atoms with van der Waals surface area (Å²) in [5, 5.41) is 4.21. The Balaban J connectivity index is 1.79. The summed E-state index contributed by atoms with van der Waals surface area (Å²) in [6.07, 6.45) is 9.29. The van der Waals surface area contributed by atoms with Gasteiger partial charge in [-0.15, -0.1) is 0 Å². The monoisotopic (exact) mass is 371 g/mol. The Morgan fingerprint density at radius 2 is 1.95 bits per heavy atom. The van der Waals surface area contributed by atoms with Crippen LogP contribution in [-0.4, -0.2) is 19.2 Å². The molecule has 21 heavy (non-hydrogen) atoms. The second-order valence-electron chi connectivity index (χ2n) is 6.41. The van der Waals surface area contributed by atoms with Crippen LogP contribution in [0, 0.1) is 5.41 Å². The van der Waals surface area contributed by atoms with Crippen LogP contribution in [-0.2, 0) is 0 Å². The molecule has 2 unspecified atom stereocenters. The van der Waals surface area contributed by atoms with Crippen LogP contribution < -0.4 is 10.1 Å². The van der Waals surface area contributed by atoms with Gasteiger partial charge in [-0.25, -0.2) is 0 Å². The molecule has 1 aromatic carbocycles. The molecule has 0 radical (unpaired) electrons. The Morgan fingerprint density at radius 3 is 2.62 bits per heavy atom. The number of rotatable bonds is 3. The summed E-state index contributed by atoms with van der Waals surface area (Å²) >= 11 is 9.79. The van der Waals surface area contributed by atoms with Gasteiger partial charge >= 0.3 is 0 Å². The first-order valence-corrected chi connectivity index (χ1v) is 9.12. The molecule has 0 bridgehead atoms. The lowest BCUT2D eigenvalue weighted by Gasteiger charge is -2.55. The van der Waals surface area contributed by atoms with Crippen molar-refractivity contribution in [2.24, 2.45) is 5.41 Å². The molecule has 2 atom stereocenters. The van der Waals surface area contributed by atoms with Gasteiger partial charge in [0.25, 0.3) is 0 Å².